The highest BCUT2D eigenvalue weighted by atomic mass is 16.4. The number of nitrogens with zero attached hydrogens (tertiary/aromatic N) is 3. The van der Waals surface area contributed by atoms with Crippen LogP contribution in [0.3, 0.4) is 0 Å². The van der Waals surface area contributed by atoms with E-state index in [1.54, 1.807) is 12.4 Å². The maximum atomic E-state index is 10.4. The van der Waals surface area contributed by atoms with Gasteiger partial charge in [0, 0.05) is 25.5 Å². The van der Waals surface area contributed by atoms with Gasteiger partial charge in [0.05, 0.1) is 12.2 Å². The summed E-state index contributed by atoms with van der Waals surface area (Å²) in [6, 6.07) is 9.47. The van der Waals surface area contributed by atoms with Crippen molar-refractivity contribution < 1.29 is 9.90 Å². The number of aromatic nitrogens is 2. The van der Waals surface area contributed by atoms with Crippen molar-refractivity contribution in [2.75, 3.05) is 11.9 Å². The zero-order chi connectivity index (χ0) is 14.4. The quantitative estimate of drug-likeness (QED) is 0.843. The smallest absolute Gasteiger partial charge is 0.328 e. The van der Waals surface area contributed by atoms with E-state index < -0.39 is 5.97 Å². The number of aliphatic carboxylic acids is 1. The lowest BCUT2D eigenvalue weighted by Crippen LogP contribution is -2.18. The zero-order valence-electron chi connectivity index (χ0n) is 11.1. The molecule has 5 heteroatoms. The first kappa shape index (κ1) is 13.7. The molecule has 0 saturated carbocycles. The van der Waals surface area contributed by atoms with E-state index in [2.05, 4.69) is 9.97 Å². The summed E-state index contributed by atoms with van der Waals surface area (Å²) in [6.07, 6.45) is 6.01. The molecule has 2 aromatic rings. The van der Waals surface area contributed by atoms with Gasteiger partial charge in [-0.25, -0.2) is 9.78 Å². The molecule has 0 atom stereocenters. The summed E-state index contributed by atoms with van der Waals surface area (Å²) in [4.78, 5) is 21.0. The molecule has 102 valence electrons. The van der Waals surface area contributed by atoms with E-state index in [9.17, 15) is 4.79 Å². The summed E-state index contributed by atoms with van der Waals surface area (Å²) in [5, 5.41) is 8.56. The van der Waals surface area contributed by atoms with Crippen LogP contribution in [0, 0.1) is 0 Å². The number of pyridine rings is 2. The summed E-state index contributed by atoms with van der Waals surface area (Å²) >= 11 is 0. The average Bonchev–Trinajstić information content (AvgIpc) is 2.46. The van der Waals surface area contributed by atoms with Gasteiger partial charge in [0.25, 0.3) is 0 Å². The zero-order valence-corrected chi connectivity index (χ0v) is 11.1. The standard InChI is InChI=1S/C15H15N3O2/c1-18(11-13-4-2-3-9-16-13)14-7-5-12(10-17-14)6-8-15(19)20/h2-10H,11H2,1H3,(H,19,20)/b8-6+. The van der Waals surface area contributed by atoms with Crippen molar-refractivity contribution in [3.63, 3.8) is 0 Å². The third-order valence-electron chi connectivity index (χ3n) is 2.71. The Labute approximate surface area is 117 Å². The normalized spacial score (nSPS) is 10.7. The van der Waals surface area contributed by atoms with Crippen LogP contribution in [-0.2, 0) is 11.3 Å². The van der Waals surface area contributed by atoms with Crippen LogP contribution in [0.25, 0.3) is 6.08 Å². The number of anilines is 1. The van der Waals surface area contributed by atoms with E-state index in [4.69, 9.17) is 5.11 Å². The van der Waals surface area contributed by atoms with Crippen molar-refractivity contribution in [3.05, 3.63) is 60.1 Å². The predicted molar refractivity (Wildman–Crippen MR) is 77.3 cm³/mol. The Morgan fingerprint density at radius 2 is 2.15 bits per heavy atom. The number of carbonyl (C=O) groups is 1. The fourth-order valence-electron chi connectivity index (χ4n) is 1.71. The lowest BCUT2D eigenvalue weighted by molar-refractivity contribution is -0.131. The van der Waals surface area contributed by atoms with Gasteiger partial charge in [-0.2, -0.15) is 0 Å². The van der Waals surface area contributed by atoms with Crippen molar-refractivity contribution >= 4 is 17.9 Å². The summed E-state index contributed by atoms with van der Waals surface area (Å²) < 4.78 is 0. The molecule has 0 radical (unpaired) electrons. The molecule has 2 rings (SSSR count). The fraction of sp³-hybridized carbons (Fsp3) is 0.133. The summed E-state index contributed by atoms with van der Waals surface area (Å²) in [6.45, 7) is 0.665. The first-order valence-corrected chi connectivity index (χ1v) is 6.13. The van der Waals surface area contributed by atoms with Gasteiger partial charge < -0.3 is 10.0 Å². The van der Waals surface area contributed by atoms with Crippen LogP contribution in [0.15, 0.2) is 48.8 Å². The highest BCUT2D eigenvalue weighted by Gasteiger charge is 2.03. The van der Waals surface area contributed by atoms with Crippen molar-refractivity contribution in [2.45, 2.75) is 6.54 Å². The third kappa shape index (κ3) is 3.91. The topological polar surface area (TPSA) is 66.3 Å². The van der Waals surface area contributed by atoms with Crippen LogP contribution in [0.5, 0.6) is 0 Å². The third-order valence-corrected chi connectivity index (χ3v) is 2.71. The first-order chi connectivity index (χ1) is 9.65. The van der Waals surface area contributed by atoms with Gasteiger partial charge in [0.2, 0.25) is 0 Å². The van der Waals surface area contributed by atoms with Crippen molar-refractivity contribution in [3.8, 4) is 0 Å². The van der Waals surface area contributed by atoms with Crippen LogP contribution in [0.2, 0.25) is 0 Å². The minimum atomic E-state index is -0.971. The highest BCUT2D eigenvalue weighted by molar-refractivity contribution is 5.85. The molecule has 0 spiro atoms. The molecular formula is C15H15N3O2. The minimum Gasteiger partial charge on any atom is -0.478 e. The molecule has 2 heterocycles. The van der Waals surface area contributed by atoms with Gasteiger partial charge in [0.1, 0.15) is 5.82 Å². The maximum Gasteiger partial charge on any atom is 0.328 e. The van der Waals surface area contributed by atoms with Gasteiger partial charge in [0.15, 0.2) is 0 Å². The second-order valence-electron chi connectivity index (χ2n) is 4.30. The second-order valence-corrected chi connectivity index (χ2v) is 4.30. The SMILES string of the molecule is CN(Cc1ccccn1)c1ccc(/C=C/C(=O)O)cn1. The molecule has 0 saturated heterocycles. The van der Waals surface area contributed by atoms with Crippen LogP contribution < -0.4 is 4.90 Å². The number of carboxylic acids is 1. The Bertz CT molecular complexity index is 594. The van der Waals surface area contributed by atoms with Crippen LogP contribution >= 0.6 is 0 Å². The number of rotatable bonds is 5. The van der Waals surface area contributed by atoms with Gasteiger partial charge in [-0.05, 0) is 35.9 Å². The summed E-state index contributed by atoms with van der Waals surface area (Å²) in [7, 11) is 1.93. The van der Waals surface area contributed by atoms with Crippen molar-refractivity contribution in [1.29, 1.82) is 0 Å². The molecule has 1 N–H and O–H groups in total. The lowest BCUT2D eigenvalue weighted by Gasteiger charge is -2.17. The summed E-state index contributed by atoms with van der Waals surface area (Å²) in [5.41, 5.74) is 1.72. The fourth-order valence-corrected chi connectivity index (χ4v) is 1.71. The summed E-state index contributed by atoms with van der Waals surface area (Å²) in [5.74, 6) is -0.163. The van der Waals surface area contributed by atoms with Gasteiger partial charge >= 0.3 is 5.97 Å². The number of carboxylic acid groups (broad SMARTS) is 1. The first-order valence-electron chi connectivity index (χ1n) is 6.13. The molecule has 20 heavy (non-hydrogen) atoms. The molecule has 0 bridgehead atoms. The highest BCUT2D eigenvalue weighted by Crippen LogP contribution is 2.12. The monoisotopic (exact) mass is 269 g/mol. The van der Waals surface area contributed by atoms with Crippen LogP contribution in [0.4, 0.5) is 5.82 Å². The van der Waals surface area contributed by atoms with Crippen molar-refractivity contribution in [2.24, 2.45) is 0 Å². The Morgan fingerprint density at radius 3 is 2.75 bits per heavy atom. The second kappa shape index (κ2) is 6.47. The Morgan fingerprint density at radius 1 is 1.30 bits per heavy atom. The molecule has 2 aromatic heterocycles. The molecule has 0 amide bonds. The predicted octanol–water partition coefficient (Wildman–Crippen LogP) is 2.21. The molecular weight excluding hydrogens is 254 g/mol. The molecule has 0 aliphatic heterocycles. The Hall–Kier alpha value is -2.69. The Kier molecular flexibility index (Phi) is 4.44. The maximum absolute atomic E-state index is 10.4. The minimum absolute atomic E-state index is 0.665. The van der Waals surface area contributed by atoms with E-state index in [1.165, 1.54) is 6.08 Å². The lowest BCUT2D eigenvalue weighted by atomic mass is 10.2. The van der Waals surface area contributed by atoms with E-state index in [0.717, 1.165) is 23.2 Å². The number of hydrogen-bond acceptors (Lipinski definition) is 4. The van der Waals surface area contributed by atoms with E-state index >= 15 is 0 Å². The molecule has 0 fully saturated rings. The number of hydrogen-bond donors (Lipinski definition) is 1. The molecule has 0 unspecified atom stereocenters. The molecule has 5 nitrogen and oxygen atoms in total. The molecule has 0 aromatic carbocycles. The average molecular weight is 269 g/mol. The van der Waals surface area contributed by atoms with E-state index in [1.807, 2.05) is 42.3 Å². The molecule has 0 aliphatic rings. The van der Waals surface area contributed by atoms with E-state index in [-0.39, 0.29) is 0 Å². The van der Waals surface area contributed by atoms with Gasteiger partial charge in [-0.15, -0.1) is 0 Å². The van der Waals surface area contributed by atoms with Crippen LogP contribution in [-0.4, -0.2) is 28.1 Å². The van der Waals surface area contributed by atoms with Gasteiger partial charge in [-0.3, -0.25) is 4.98 Å². The Balaban J connectivity index is 2.04. The van der Waals surface area contributed by atoms with E-state index in [0.29, 0.717) is 6.54 Å². The largest absolute Gasteiger partial charge is 0.478 e. The van der Waals surface area contributed by atoms with Crippen LogP contribution in [0.1, 0.15) is 11.3 Å². The van der Waals surface area contributed by atoms with Gasteiger partial charge in [-0.1, -0.05) is 6.07 Å². The van der Waals surface area contributed by atoms with Crippen molar-refractivity contribution in [1.82, 2.24) is 9.97 Å². The molecule has 0 aliphatic carbocycles.